The van der Waals surface area contributed by atoms with Crippen LogP contribution < -0.4 is 4.74 Å². The van der Waals surface area contributed by atoms with Crippen LogP contribution in [0.25, 0.3) is 0 Å². The van der Waals surface area contributed by atoms with Crippen molar-refractivity contribution in [3.8, 4) is 5.75 Å². The Kier molecular flexibility index (Phi) is 5.76. The summed E-state index contributed by atoms with van der Waals surface area (Å²) in [4.78, 5) is 29.1. The summed E-state index contributed by atoms with van der Waals surface area (Å²) in [5, 5.41) is 0.629. The summed E-state index contributed by atoms with van der Waals surface area (Å²) in [5.41, 5.74) is -0.967. The number of rotatable bonds is 4. The zero-order chi connectivity index (χ0) is 18.7. The molecule has 2 fully saturated rings. The molecular formula is C20H27ClN2O3. The molecule has 3 rings (SSSR count). The predicted molar refractivity (Wildman–Crippen MR) is 101 cm³/mol. The Morgan fingerprint density at radius 2 is 1.54 bits per heavy atom. The first-order valence-electron chi connectivity index (χ1n) is 9.39. The Labute approximate surface area is 160 Å². The van der Waals surface area contributed by atoms with E-state index in [9.17, 15) is 9.59 Å². The molecule has 1 aliphatic carbocycles. The van der Waals surface area contributed by atoms with Gasteiger partial charge >= 0.3 is 0 Å². The fourth-order valence-corrected chi connectivity index (χ4v) is 3.91. The first-order valence-corrected chi connectivity index (χ1v) is 9.77. The van der Waals surface area contributed by atoms with Crippen molar-refractivity contribution >= 4 is 23.4 Å². The topological polar surface area (TPSA) is 49.9 Å². The third kappa shape index (κ3) is 4.32. The zero-order valence-electron chi connectivity index (χ0n) is 15.5. The number of ether oxygens (including phenoxy) is 1. The van der Waals surface area contributed by atoms with E-state index in [-0.39, 0.29) is 17.7 Å². The van der Waals surface area contributed by atoms with Crippen LogP contribution in [-0.4, -0.2) is 53.4 Å². The van der Waals surface area contributed by atoms with E-state index in [0.717, 1.165) is 25.7 Å². The number of piperazine rings is 1. The van der Waals surface area contributed by atoms with Crippen LogP contribution in [0.5, 0.6) is 5.75 Å². The fraction of sp³-hybridized carbons (Fsp3) is 0.600. The Hall–Kier alpha value is -1.75. The Bertz CT molecular complexity index is 646. The van der Waals surface area contributed by atoms with Gasteiger partial charge in [0.25, 0.3) is 5.91 Å². The van der Waals surface area contributed by atoms with Crippen molar-refractivity contribution < 1.29 is 14.3 Å². The number of carbonyl (C=O) groups is 2. The Morgan fingerprint density at radius 3 is 2.12 bits per heavy atom. The minimum Gasteiger partial charge on any atom is -0.478 e. The summed E-state index contributed by atoms with van der Waals surface area (Å²) in [6.45, 7) is 5.89. The van der Waals surface area contributed by atoms with Crippen LogP contribution in [0.3, 0.4) is 0 Å². The Morgan fingerprint density at radius 1 is 1.00 bits per heavy atom. The van der Waals surface area contributed by atoms with Crippen LogP contribution in [0.4, 0.5) is 0 Å². The number of hydrogen-bond donors (Lipinski definition) is 0. The first kappa shape index (κ1) is 19.0. The first-order chi connectivity index (χ1) is 12.4. The molecule has 1 aromatic rings. The quantitative estimate of drug-likeness (QED) is 0.807. The van der Waals surface area contributed by atoms with Gasteiger partial charge in [0.2, 0.25) is 5.91 Å². The zero-order valence-corrected chi connectivity index (χ0v) is 16.3. The lowest BCUT2D eigenvalue weighted by atomic mass is 10.0. The monoisotopic (exact) mass is 378 g/mol. The van der Waals surface area contributed by atoms with Gasteiger partial charge in [0.05, 0.1) is 0 Å². The molecule has 0 spiro atoms. The number of hydrogen-bond acceptors (Lipinski definition) is 3. The van der Waals surface area contributed by atoms with Crippen LogP contribution in [0.1, 0.15) is 39.5 Å². The highest BCUT2D eigenvalue weighted by Crippen LogP contribution is 2.27. The molecule has 5 nitrogen and oxygen atoms in total. The predicted octanol–water partition coefficient (Wildman–Crippen LogP) is 3.36. The fourth-order valence-electron chi connectivity index (χ4n) is 3.78. The second-order valence-electron chi connectivity index (χ2n) is 7.67. The lowest BCUT2D eigenvalue weighted by molar-refractivity contribution is -0.150. The van der Waals surface area contributed by atoms with Gasteiger partial charge < -0.3 is 14.5 Å². The second kappa shape index (κ2) is 7.87. The highest BCUT2D eigenvalue weighted by Gasteiger charge is 2.37. The molecule has 0 unspecified atom stereocenters. The van der Waals surface area contributed by atoms with Gasteiger partial charge in [0, 0.05) is 37.1 Å². The third-order valence-corrected chi connectivity index (χ3v) is 5.54. The molecule has 1 aromatic carbocycles. The molecule has 1 saturated carbocycles. The van der Waals surface area contributed by atoms with E-state index in [2.05, 4.69) is 0 Å². The van der Waals surface area contributed by atoms with Gasteiger partial charge in [0.1, 0.15) is 5.75 Å². The molecule has 6 heteroatoms. The number of carbonyl (C=O) groups excluding carboxylic acids is 2. The van der Waals surface area contributed by atoms with E-state index in [1.165, 1.54) is 0 Å². The smallest absolute Gasteiger partial charge is 0.266 e. The van der Waals surface area contributed by atoms with Gasteiger partial charge in [-0.1, -0.05) is 24.4 Å². The molecule has 26 heavy (non-hydrogen) atoms. The van der Waals surface area contributed by atoms with Crippen molar-refractivity contribution in [1.82, 2.24) is 9.80 Å². The van der Waals surface area contributed by atoms with E-state index in [4.69, 9.17) is 16.3 Å². The van der Waals surface area contributed by atoms with E-state index in [0.29, 0.717) is 37.0 Å². The largest absolute Gasteiger partial charge is 0.478 e. The highest BCUT2D eigenvalue weighted by atomic mass is 35.5. The molecule has 0 N–H and O–H groups in total. The van der Waals surface area contributed by atoms with Crippen LogP contribution in [0, 0.1) is 5.92 Å². The standard InChI is InChI=1S/C20H27ClN2O3/c1-20(2,26-17-9-7-16(21)8-10-17)19(25)23-13-11-22(12-14-23)18(24)15-5-3-4-6-15/h7-10,15H,3-6,11-14H2,1-2H3. The average molecular weight is 379 g/mol. The third-order valence-electron chi connectivity index (χ3n) is 5.28. The van der Waals surface area contributed by atoms with Crippen molar-refractivity contribution in [3.63, 3.8) is 0 Å². The summed E-state index contributed by atoms with van der Waals surface area (Å²) < 4.78 is 5.90. The lowest BCUT2D eigenvalue weighted by Crippen LogP contribution is -2.57. The van der Waals surface area contributed by atoms with Gasteiger partial charge in [0.15, 0.2) is 5.60 Å². The van der Waals surface area contributed by atoms with Crippen LogP contribution >= 0.6 is 11.6 Å². The summed E-state index contributed by atoms with van der Waals surface area (Å²) in [6, 6.07) is 7.00. The van der Waals surface area contributed by atoms with E-state index >= 15 is 0 Å². The van der Waals surface area contributed by atoms with E-state index in [1.54, 1.807) is 43.0 Å². The minimum atomic E-state index is -0.967. The molecule has 0 atom stereocenters. The highest BCUT2D eigenvalue weighted by molar-refractivity contribution is 6.30. The summed E-state index contributed by atoms with van der Waals surface area (Å²) in [7, 11) is 0. The van der Waals surface area contributed by atoms with Gasteiger partial charge in [-0.05, 0) is 51.0 Å². The van der Waals surface area contributed by atoms with E-state index in [1.807, 2.05) is 4.90 Å². The number of benzene rings is 1. The molecule has 1 aliphatic heterocycles. The van der Waals surface area contributed by atoms with Gasteiger partial charge in [-0.3, -0.25) is 9.59 Å². The molecule has 2 aliphatic rings. The van der Waals surface area contributed by atoms with Crippen molar-refractivity contribution in [1.29, 1.82) is 0 Å². The van der Waals surface area contributed by atoms with Gasteiger partial charge in [-0.25, -0.2) is 0 Å². The minimum absolute atomic E-state index is 0.0552. The molecule has 0 radical (unpaired) electrons. The number of nitrogens with zero attached hydrogens (tertiary/aromatic N) is 2. The summed E-state index contributed by atoms with van der Waals surface area (Å²) >= 11 is 5.89. The normalized spacial score (nSPS) is 18.9. The second-order valence-corrected chi connectivity index (χ2v) is 8.10. The molecule has 1 heterocycles. The number of amides is 2. The summed E-state index contributed by atoms with van der Waals surface area (Å²) in [5.74, 6) is 1.02. The lowest BCUT2D eigenvalue weighted by Gasteiger charge is -2.39. The maximum absolute atomic E-state index is 12.9. The van der Waals surface area contributed by atoms with Crippen molar-refractivity contribution in [3.05, 3.63) is 29.3 Å². The molecule has 2 amide bonds. The van der Waals surface area contributed by atoms with Crippen molar-refractivity contribution in [2.75, 3.05) is 26.2 Å². The van der Waals surface area contributed by atoms with Gasteiger partial charge in [-0.2, -0.15) is 0 Å². The van der Waals surface area contributed by atoms with E-state index < -0.39 is 5.60 Å². The Balaban J connectivity index is 1.55. The van der Waals surface area contributed by atoms with Crippen molar-refractivity contribution in [2.24, 2.45) is 5.92 Å². The SMILES string of the molecule is CC(C)(Oc1ccc(Cl)cc1)C(=O)N1CCN(C(=O)C2CCCC2)CC1. The van der Waals surface area contributed by atoms with Crippen LogP contribution in [0.15, 0.2) is 24.3 Å². The van der Waals surface area contributed by atoms with Crippen molar-refractivity contribution in [2.45, 2.75) is 45.1 Å². The number of halogens is 1. The van der Waals surface area contributed by atoms with Crippen LogP contribution in [0.2, 0.25) is 5.02 Å². The molecular weight excluding hydrogens is 352 g/mol. The summed E-state index contributed by atoms with van der Waals surface area (Å²) in [6.07, 6.45) is 4.34. The molecule has 0 bridgehead atoms. The maximum atomic E-state index is 12.9. The maximum Gasteiger partial charge on any atom is 0.266 e. The average Bonchev–Trinajstić information content (AvgIpc) is 3.17. The van der Waals surface area contributed by atoms with Gasteiger partial charge in [-0.15, -0.1) is 0 Å². The molecule has 1 saturated heterocycles. The molecule has 0 aromatic heterocycles. The molecule has 142 valence electrons. The van der Waals surface area contributed by atoms with Crippen LogP contribution in [-0.2, 0) is 9.59 Å².